The molecule has 0 aliphatic carbocycles. The van der Waals surface area contributed by atoms with Gasteiger partial charge in [0.1, 0.15) is 0 Å². The maximum absolute atomic E-state index is 11.3. The molecule has 1 rings (SSSR count). The summed E-state index contributed by atoms with van der Waals surface area (Å²) in [4.78, 5) is 13.3. The summed E-state index contributed by atoms with van der Waals surface area (Å²) in [6, 6.07) is 5.39. The summed E-state index contributed by atoms with van der Waals surface area (Å²) in [5.74, 6) is -0.330. The van der Waals surface area contributed by atoms with E-state index in [4.69, 9.17) is 0 Å². The van der Waals surface area contributed by atoms with Gasteiger partial charge in [-0.15, -0.1) is 0 Å². The molecule has 1 aromatic rings. The van der Waals surface area contributed by atoms with E-state index < -0.39 is 0 Å². The van der Waals surface area contributed by atoms with Gasteiger partial charge in [0, 0.05) is 19.8 Å². The Kier molecular flexibility index (Phi) is 3.50. The maximum atomic E-state index is 11.3. The van der Waals surface area contributed by atoms with E-state index in [9.17, 15) is 4.79 Å². The van der Waals surface area contributed by atoms with Gasteiger partial charge in [0.05, 0.1) is 12.7 Å². The van der Waals surface area contributed by atoms with Gasteiger partial charge >= 0.3 is 5.97 Å². The van der Waals surface area contributed by atoms with E-state index in [1.807, 2.05) is 25.1 Å². The van der Waals surface area contributed by atoms with Crippen LogP contribution in [0.1, 0.15) is 15.9 Å². The van der Waals surface area contributed by atoms with Crippen molar-refractivity contribution in [3.63, 3.8) is 0 Å². The van der Waals surface area contributed by atoms with Crippen molar-refractivity contribution in [2.24, 2.45) is 0 Å². The number of ether oxygens (including phenoxy) is 1. The van der Waals surface area contributed by atoms with Gasteiger partial charge in [-0.3, -0.25) is 0 Å². The molecule has 80 valence electrons. The molecule has 3 heteroatoms. The van der Waals surface area contributed by atoms with Crippen LogP contribution in [0.25, 0.3) is 6.08 Å². The van der Waals surface area contributed by atoms with Crippen molar-refractivity contribution < 1.29 is 9.53 Å². The molecule has 0 bridgehead atoms. The lowest BCUT2D eigenvalue weighted by atomic mass is 10.1. The second-order valence-corrected chi connectivity index (χ2v) is 3.36. The molecule has 0 aliphatic heterocycles. The Balaban J connectivity index is 3.19. The molecule has 0 saturated carbocycles. The lowest BCUT2D eigenvalue weighted by molar-refractivity contribution is 0.0600. The van der Waals surface area contributed by atoms with E-state index in [1.54, 1.807) is 18.2 Å². The highest BCUT2D eigenvalue weighted by atomic mass is 16.5. The van der Waals surface area contributed by atoms with Crippen LogP contribution in [0.15, 0.2) is 24.8 Å². The summed E-state index contributed by atoms with van der Waals surface area (Å²) < 4.78 is 4.65. The van der Waals surface area contributed by atoms with E-state index in [2.05, 4.69) is 11.3 Å². The quantitative estimate of drug-likeness (QED) is 0.708. The molecule has 0 amide bonds. The average Bonchev–Trinajstić information content (AvgIpc) is 2.26. The predicted octanol–water partition coefficient (Wildman–Crippen LogP) is 2.18. The molecule has 0 radical (unpaired) electrons. The molecule has 0 fully saturated rings. The molecule has 0 aliphatic rings. The zero-order valence-corrected chi connectivity index (χ0v) is 9.28. The Morgan fingerprint density at radius 1 is 1.47 bits per heavy atom. The van der Waals surface area contributed by atoms with Gasteiger partial charge in [0.25, 0.3) is 0 Å². The summed E-state index contributed by atoms with van der Waals surface area (Å²) in [5.41, 5.74) is 2.48. The standard InChI is InChI=1S/C12H15NO2/c1-5-9-8-10(12(14)15-4)6-7-11(9)13(2)3/h5-8H,1H2,2-4H3. The average molecular weight is 205 g/mol. The van der Waals surface area contributed by atoms with Crippen molar-refractivity contribution in [2.45, 2.75) is 0 Å². The highest BCUT2D eigenvalue weighted by Gasteiger charge is 2.08. The first kappa shape index (κ1) is 11.3. The summed E-state index contributed by atoms with van der Waals surface area (Å²) >= 11 is 0. The van der Waals surface area contributed by atoms with Crippen LogP contribution < -0.4 is 4.90 Å². The Labute approximate surface area is 90.0 Å². The molecule has 0 heterocycles. The van der Waals surface area contributed by atoms with Crippen molar-refractivity contribution in [1.82, 2.24) is 0 Å². The van der Waals surface area contributed by atoms with Crippen molar-refractivity contribution in [3.05, 3.63) is 35.9 Å². The topological polar surface area (TPSA) is 29.5 Å². The molecule has 1 aromatic carbocycles. The molecular formula is C12H15NO2. The van der Waals surface area contributed by atoms with E-state index in [0.29, 0.717) is 5.56 Å². The summed E-state index contributed by atoms with van der Waals surface area (Å²) in [6.45, 7) is 3.72. The first-order chi connectivity index (χ1) is 7.10. The Hall–Kier alpha value is -1.77. The zero-order valence-electron chi connectivity index (χ0n) is 9.28. The number of hydrogen-bond acceptors (Lipinski definition) is 3. The van der Waals surface area contributed by atoms with Crippen LogP contribution in [-0.4, -0.2) is 27.2 Å². The number of carbonyl (C=O) groups is 1. The summed E-state index contributed by atoms with van der Waals surface area (Å²) in [7, 11) is 5.26. The van der Waals surface area contributed by atoms with E-state index in [1.165, 1.54) is 7.11 Å². The van der Waals surface area contributed by atoms with Gasteiger partial charge in [0.15, 0.2) is 0 Å². The van der Waals surface area contributed by atoms with Gasteiger partial charge in [-0.2, -0.15) is 0 Å². The number of methoxy groups -OCH3 is 1. The first-order valence-corrected chi connectivity index (χ1v) is 4.62. The van der Waals surface area contributed by atoms with Crippen LogP contribution in [0.5, 0.6) is 0 Å². The van der Waals surface area contributed by atoms with E-state index in [0.717, 1.165) is 11.3 Å². The first-order valence-electron chi connectivity index (χ1n) is 4.62. The number of esters is 1. The fourth-order valence-corrected chi connectivity index (χ4v) is 1.37. The molecule has 0 aromatic heterocycles. The minimum absolute atomic E-state index is 0.330. The van der Waals surface area contributed by atoms with Crippen molar-refractivity contribution in [2.75, 3.05) is 26.1 Å². The Morgan fingerprint density at radius 3 is 2.60 bits per heavy atom. The fourth-order valence-electron chi connectivity index (χ4n) is 1.37. The summed E-state index contributed by atoms with van der Waals surface area (Å²) in [6.07, 6.45) is 1.72. The Bertz CT molecular complexity index is 383. The second-order valence-electron chi connectivity index (χ2n) is 3.36. The second kappa shape index (κ2) is 4.64. The highest BCUT2D eigenvalue weighted by Crippen LogP contribution is 2.21. The Morgan fingerprint density at radius 2 is 2.13 bits per heavy atom. The SMILES string of the molecule is C=Cc1cc(C(=O)OC)ccc1N(C)C. The van der Waals surface area contributed by atoms with E-state index in [-0.39, 0.29) is 5.97 Å². The van der Waals surface area contributed by atoms with Gasteiger partial charge in [0.2, 0.25) is 0 Å². The molecule has 3 nitrogen and oxygen atoms in total. The number of nitrogens with zero attached hydrogens (tertiary/aromatic N) is 1. The highest BCUT2D eigenvalue weighted by molar-refractivity contribution is 5.91. The monoisotopic (exact) mass is 205 g/mol. The molecule has 15 heavy (non-hydrogen) atoms. The van der Waals surface area contributed by atoms with Crippen molar-refractivity contribution >= 4 is 17.7 Å². The van der Waals surface area contributed by atoms with Gasteiger partial charge < -0.3 is 9.64 Å². The predicted molar refractivity (Wildman–Crippen MR) is 62.2 cm³/mol. The van der Waals surface area contributed by atoms with Crippen molar-refractivity contribution in [3.8, 4) is 0 Å². The minimum atomic E-state index is -0.330. The fraction of sp³-hybridized carbons (Fsp3) is 0.250. The minimum Gasteiger partial charge on any atom is -0.465 e. The van der Waals surface area contributed by atoms with Gasteiger partial charge in [-0.05, 0) is 23.8 Å². The van der Waals surface area contributed by atoms with Crippen LogP contribution in [0, 0.1) is 0 Å². The number of benzene rings is 1. The van der Waals surface area contributed by atoms with Crippen LogP contribution >= 0.6 is 0 Å². The zero-order chi connectivity index (χ0) is 11.4. The van der Waals surface area contributed by atoms with Crippen LogP contribution in [0.3, 0.4) is 0 Å². The van der Waals surface area contributed by atoms with Gasteiger partial charge in [-0.25, -0.2) is 4.79 Å². The molecule has 0 spiro atoms. The van der Waals surface area contributed by atoms with Crippen LogP contribution in [0.2, 0.25) is 0 Å². The third kappa shape index (κ3) is 2.37. The maximum Gasteiger partial charge on any atom is 0.337 e. The van der Waals surface area contributed by atoms with Crippen LogP contribution in [0.4, 0.5) is 5.69 Å². The third-order valence-electron chi connectivity index (χ3n) is 2.15. The molecular weight excluding hydrogens is 190 g/mol. The molecule has 0 N–H and O–H groups in total. The normalized spacial score (nSPS) is 9.53. The van der Waals surface area contributed by atoms with E-state index >= 15 is 0 Å². The van der Waals surface area contributed by atoms with Crippen LogP contribution in [-0.2, 0) is 4.74 Å². The van der Waals surface area contributed by atoms with Gasteiger partial charge in [-0.1, -0.05) is 12.7 Å². The number of rotatable bonds is 3. The molecule has 0 atom stereocenters. The lowest BCUT2D eigenvalue weighted by Crippen LogP contribution is -2.11. The lowest BCUT2D eigenvalue weighted by Gasteiger charge is -2.16. The number of anilines is 1. The molecule has 0 unspecified atom stereocenters. The number of hydrogen-bond donors (Lipinski definition) is 0. The third-order valence-corrected chi connectivity index (χ3v) is 2.15. The van der Waals surface area contributed by atoms with Crippen molar-refractivity contribution in [1.29, 1.82) is 0 Å². The largest absolute Gasteiger partial charge is 0.465 e. The summed E-state index contributed by atoms with van der Waals surface area (Å²) in [5, 5.41) is 0. The number of carbonyl (C=O) groups excluding carboxylic acids is 1. The molecule has 0 saturated heterocycles. The smallest absolute Gasteiger partial charge is 0.337 e.